The van der Waals surface area contributed by atoms with Crippen LogP contribution in [0.2, 0.25) is 0 Å². The molecule has 0 aromatic carbocycles. The van der Waals surface area contributed by atoms with Crippen LogP contribution >= 0.6 is 0 Å². The lowest BCUT2D eigenvalue weighted by molar-refractivity contribution is -0.141. The number of esters is 1. The van der Waals surface area contributed by atoms with Gasteiger partial charge >= 0.3 is 5.97 Å². The molecule has 3 nitrogen and oxygen atoms in total. The highest BCUT2D eigenvalue weighted by Gasteiger charge is 2.15. The van der Waals surface area contributed by atoms with Gasteiger partial charge in [-0.25, -0.2) is 4.79 Å². The Hall–Kier alpha value is -0.613. The quantitative estimate of drug-likeness (QED) is 0.373. The minimum absolute atomic E-state index is 0.0233. The van der Waals surface area contributed by atoms with Gasteiger partial charge < -0.3 is 9.16 Å². The van der Waals surface area contributed by atoms with E-state index in [1.54, 1.807) is 6.92 Å². The Morgan fingerprint density at radius 1 is 1.25 bits per heavy atom. The number of ether oxygens (including phenoxy) is 1. The minimum atomic E-state index is -0.803. The monoisotopic (exact) mass is 244 g/mol. The zero-order valence-electron chi connectivity index (χ0n) is 10.9. The molecule has 1 unspecified atom stereocenters. The summed E-state index contributed by atoms with van der Waals surface area (Å²) in [6.07, 6.45) is 3.19. The second kappa shape index (κ2) is 8.53. The van der Waals surface area contributed by atoms with Gasteiger partial charge in [-0.15, -0.1) is 0 Å². The number of hydrogen-bond donors (Lipinski definition) is 0. The maximum Gasteiger partial charge on any atom is 0.333 e. The Balaban J connectivity index is 4.00. The largest absolute Gasteiger partial charge is 0.461 e. The SMILES string of the molecule is C=C(C)C(=O)OC(CC)[SiH2]OC(CC)CC. The van der Waals surface area contributed by atoms with E-state index in [2.05, 4.69) is 20.4 Å². The molecule has 0 saturated carbocycles. The molecule has 0 aliphatic carbocycles. The highest BCUT2D eigenvalue weighted by Crippen LogP contribution is 2.06. The van der Waals surface area contributed by atoms with Gasteiger partial charge in [0.25, 0.3) is 0 Å². The fourth-order valence-corrected chi connectivity index (χ4v) is 2.67. The van der Waals surface area contributed by atoms with Gasteiger partial charge in [0.05, 0.1) is 0 Å². The lowest BCUT2D eigenvalue weighted by atomic mass is 10.2. The summed E-state index contributed by atoms with van der Waals surface area (Å²) >= 11 is 0. The van der Waals surface area contributed by atoms with Gasteiger partial charge in [0.1, 0.15) is 5.73 Å². The number of rotatable bonds is 8. The predicted octanol–water partition coefficient (Wildman–Crippen LogP) is 2.13. The Morgan fingerprint density at radius 3 is 2.19 bits per heavy atom. The molecule has 16 heavy (non-hydrogen) atoms. The molecular weight excluding hydrogens is 220 g/mol. The third-order valence-electron chi connectivity index (χ3n) is 2.51. The first-order valence-electron chi connectivity index (χ1n) is 6.03. The predicted molar refractivity (Wildman–Crippen MR) is 69.0 cm³/mol. The third-order valence-corrected chi connectivity index (χ3v) is 4.29. The van der Waals surface area contributed by atoms with E-state index in [1.165, 1.54) is 0 Å². The summed E-state index contributed by atoms with van der Waals surface area (Å²) in [5.74, 6) is -0.299. The topological polar surface area (TPSA) is 35.5 Å². The molecule has 0 amide bonds. The van der Waals surface area contributed by atoms with E-state index < -0.39 is 9.76 Å². The van der Waals surface area contributed by atoms with Crippen LogP contribution in [0.3, 0.4) is 0 Å². The molecule has 0 fully saturated rings. The molecule has 0 spiro atoms. The van der Waals surface area contributed by atoms with Crippen molar-refractivity contribution >= 4 is 15.7 Å². The van der Waals surface area contributed by atoms with E-state index >= 15 is 0 Å². The van der Waals surface area contributed by atoms with Crippen LogP contribution in [0.4, 0.5) is 0 Å². The molecule has 0 rings (SSSR count). The van der Waals surface area contributed by atoms with Crippen molar-refractivity contribution in [3.05, 3.63) is 12.2 Å². The summed E-state index contributed by atoms with van der Waals surface area (Å²) in [5, 5.41) is 0. The molecule has 0 aliphatic rings. The van der Waals surface area contributed by atoms with Crippen molar-refractivity contribution in [3.8, 4) is 0 Å². The van der Waals surface area contributed by atoms with E-state index in [0.717, 1.165) is 19.3 Å². The smallest absolute Gasteiger partial charge is 0.333 e. The van der Waals surface area contributed by atoms with Crippen LogP contribution in [0.5, 0.6) is 0 Å². The fourth-order valence-electron chi connectivity index (χ4n) is 1.25. The van der Waals surface area contributed by atoms with Gasteiger partial charge in [0, 0.05) is 11.7 Å². The number of carbonyl (C=O) groups is 1. The van der Waals surface area contributed by atoms with E-state index in [4.69, 9.17) is 9.16 Å². The molecule has 0 radical (unpaired) electrons. The normalized spacial score (nSPS) is 13.3. The second-order valence-electron chi connectivity index (χ2n) is 3.99. The molecule has 0 bridgehead atoms. The van der Waals surface area contributed by atoms with Crippen LogP contribution in [-0.2, 0) is 14.0 Å². The van der Waals surface area contributed by atoms with Crippen molar-refractivity contribution in [3.63, 3.8) is 0 Å². The number of carbonyl (C=O) groups excluding carboxylic acids is 1. The Morgan fingerprint density at radius 2 is 1.81 bits per heavy atom. The first kappa shape index (κ1) is 15.4. The van der Waals surface area contributed by atoms with Crippen molar-refractivity contribution in [1.82, 2.24) is 0 Å². The highest BCUT2D eigenvalue weighted by molar-refractivity contribution is 6.29. The lowest BCUT2D eigenvalue weighted by Gasteiger charge is -2.20. The van der Waals surface area contributed by atoms with Gasteiger partial charge in [-0.05, 0) is 26.2 Å². The van der Waals surface area contributed by atoms with Crippen molar-refractivity contribution in [2.75, 3.05) is 0 Å². The van der Waals surface area contributed by atoms with Crippen LogP contribution in [0.15, 0.2) is 12.2 Å². The summed E-state index contributed by atoms with van der Waals surface area (Å²) in [4.78, 5) is 11.3. The molecule has 0 N–H and O–H groups in total. The second-order valence-corrected chi connectivity index (χ2v) is 5.57. The fraction of sp³-hybridized carbons (Fsp3) is 0.750. The van der Waals surface area contributed by atoms with Crippen LogP contribution in [0, 0.1) is 0 Å². The zero-order chi connectivity index (χ0) is 12.6. The molecule has 0 heterocycles. The average molecular weight is 244 g/mol. The summed E-state index contributed by atoms with van der Waals surface area (Å²) in [5.41, 5.74) is 0.430. The molecule has 0 aromatic rings. The third kappa shape index (κ3) is 6.08. The van der Waals surface area contributed by atoms with Gasteiger partial charge in [0.15, 0.2) is 0 Å². The zero-order valence-corrected chi connectivity index (χ0v) is 12.3. The summed E-state index contributed by atoms with van der Waals surface area (Å²) < 4.78 is 11.1. The first-order valence-corrected chi connectivity index (χ1v) is 7.42. The lowest BCUT2D eigenvalue weighted by Crippen LogP contribution is -2.29. The summed E-state index contributed by atoms with van der Waals surface area (Å²) in [6, 6.07) is 0. The highest BCUT2D eigenvalue weighted by atomic mass is 28.2. The van der Waals surface area contributed by atoms with Crippen LogP contribution < -0.4 is 0 Å². The average Bonchev–Trinajstić information content (AvgIpc) is 2.28. The summed E-state index contributed by atoms with van der Waals surface area (Å²) in [6.45, 7) is 11.5. The van der Waals surface area contributed by atoms with E-state index in [0.29, 0.717) is 11.7 Å². The van der Waals surface area contributed by atoms with Crippen LogP contribution in [0.25, 0.3) is 0 Å². The van der Waals surface area contributed by atoms with Crippen molar-refractivity contribution in [2.45, 2.75) is 58.8 Å². The van der Waals surface area contributed by atoms with Crippen LogP contribution in [-0.4, -0.2) is 27.6 Å². The van der Waals surface area contributed by atoms with Gasteiger partial charge in [0.2, 0.25) is 9.76 Å². The molecule has 4 heteroatoms. The van der Waals surface area contributed by atoms with E-state index in [9.17, 15) is 4.79 Å². The van der Waals surface area contributed by atoms with Gasteiger partial charge in [-0.3, -0.25) is 0 Å². The Bertz CT molecular complexity index is 224. The number of hydrogen-bond acceptors (Lipinski definition) is 3. The van der Waals surface area contributed by atoms with E-state index in [-0.39, 0.29) is 11.7 Å². The molecule has 94 valence electrons. The standard InChI is InChI=1S/C12H24O3Si/c1-6-10(7-2)15-16-11(8-3)14-12(13)9(4)5/h10-11H,4,6-8,16H2,1-3,5H3. The maximum atomic E-state index is 11.3. The molecule has 0 aromatic heterocycles. The molecule has 0 saturated heterocycles. The van der Waals surface area contributed by atoms with Gasteiger partial charge in [-0.2, -0.15) is 0 Å². The van der Waals surface area contributed by atoms with E-state index in [1.807, 2.05) is 6.92 Å². The first-order chi connectivity index (χ1) is 7.54. The van der Waals surface area contributed by atoms with Crippen molar-refractivity contribution < 1.29 is 14.0 Å². The van der Waals surface area contributed by atoms with Gasteiger partial charge in [-0.1, -0.05) is 27.4 Å². The maximum absolute atomic E-state index is 11.3. The van der Waals surface area contributed by atoms with Crippen molar-refractivity contribution in [1.29, 1.82) is 0 Å². The molecule has 0 aliphatic heterocycles. The molecule has 1 atom stereocenters. The molecular formula is C12H24O3Si. The summed E-state index contributed by atoms with van der Waals surface area (Å²) in [7, 11) is -0.803. The Labute approximate surface area is 101 Å². The van der Waals surface area contributed by atoms with Crippen molar-refractivity contribution in [2.24, 2.45) is 0 Å². The van der Waals surface area contributed by atoms with Crippen LogP contribution in [0.1, 0.15) is 47.0 Å². The minimum Gasteiger partial charge on any atom is -0.461 e. The Kier molecular flexibility index (Phi) is 8.20.